The quantitative estimate of drug-likeness (QED) is 0.749. The molecule has 1 aromatic carbocycles. The number of rotatable bonds is 4. The van der Waals surface area contributed by atoms with E-state index >= 15 is 0 Å². The summed E-state index contributed by atoms with van der Waals surface area (Å²) in [4.78, 5) is 11.7. The molecular formula is C14H15NO3S. The molecule has 4 nitrogen and oxygen atoms in total. The van der Waals surface area contributed by atoms with Crippen LogP contribution in [0, 0.1) is 13.8 Å². The number of carboxylic acid groups (broad SMARTS) is 1. The third kappa shape index (κ3) is 3.06. The standard InChI is InChI=1S/C14H15NO3S/c1-8-4-13(16)9(2)3-12(8)15-6-11-5-10(7-19-11)14(17)18/h3-5,7,15-16H,6H2,1-2H3,(H,17,18). The molecule has 2 rings (SSSR count). The van der Waals surface area contributed by atoms with Crippen LogP contribution in [-0.2, 0) is 6.54 Å². The molecule has 0 unspecified atom stereocenters. The van der Waals surface area contributed by atoms with Crippen LogP contribution in [0.25, 0.3) is 0 Å². The van der Waals surface area contributed by atoms with Crippen molar-refractivity contribution in [2.45, 2.75) is 20.4 Å². The van der Waals surface area contributed by atoms with E-state index in [1.807, 2.05) is 19.9 Å². The number of nitrogens with one attached hydrogen (secondary N) is 1. The number of carboxylic acids is 1. The smallest absolute Gasteiger partial charge is 0.336 e. The van der Waals surface area contributed by atoms with Crippen LogP contribution in [0.3, 0.4) is 0 Å². The third-order valence-electron chi connectivity index (χ3n) is 2.90. The Morgan fingerprint density at radius 2 is 2.00 bits per heavy atom. The highest BCUT2D eigenvalue weighted by atomic mass is 32.1. The highest BCUT2D eigenvalue weighted by Gasteiger charge is 2.07. The highest BCUT2D eigenvalue weighted by molar-refractivity contribution is 7.10. The first kappa shape index (κ1) is 13.4. The molecule has 19 heavy (non-hydrogen) atoms. The molecule has 5 heteroatoms. The summed E-state index contributed by atoms with van der Waals surface area (Å²) in [5.74, 6) is -0.619. The van der Waals surface area contributed by atoms with Crippen LogP contribution in [0.4, 0.5) is 5.69 Å². The van der Waals surface area contributed by atoms with E-state index in [-0.39, 0.29) is 5.75 Å². The van der Waals surface area contributed by atoms with Crippen LogP contribution in [0.2, 0.25) is 0 Å². The Kier molecular flexibility index (Phi) is 3.76. The Hall–Kier alpha value is -2.01. The van der Waals surface area contributed by atoms with Crippen LogP contribution in [0.1, 0.15) is 26.4 Å². The summed E-state index contributed by atoms with van der Waals surface area (Å²) in [7, 11) is 0. The minimum atomic E-state index is -0.904. The first-order valence-electron chi connectivity index (χ1n) is 5.82. The van der Waals surface area contributed by atoms with Gasteiger partial charge in [0.1, 0.15) is 5.75 Å². The zero-order chi connectivity index (χ0) is 14.0. The number of thiophene rings is 1. The van der Waals surface area contributed by atoms with Crippen molar-refractivity contribution in [2.24, 2.45) is 0 Å². The molecule has 0 saturated carbocycles. The molecule has 100 valence electrons. The number of hydrogen-bond acceptors (Lipinski definition) is 4. The maximum absolute atomic E-state index is 10.8. The van der Waals surface area contributed by atoms with Crippen molar-refractivity contribution in [3.8, 4) is 5.75 Å². The highest BCUT2D eigenvalue weighted by Crippen LogP contribution is 2.26. The molecule has 0 aliphatic rings. The van der Waals surface area contributed by atoms with E-state index in [0.29, 0.717) is 12.1 Å². The fraction of sp³-hybridized carbons (Fsp3) is 0.214. The monoisotopic (exact) mass is 277 g/mol. The largest absolute Gasteiger partial charge is 0.508 e. The zero-order valence-electron chi connectivity index (χ0n) is 10.7. The first-order chi connectivity index (χ1) is 8.97. The van der Waals surface area contributed by atoms with Crippen LogP contribution >= 0.6 is 11.3 Å². The Bertz CT molecular complexity index is 619. The molecule has 0 fully saturated rings. The number of carbonyl (C=O) groups is 1. The lowest BCUT2D eigenvalue weighted by Gasteiger charge is -2.10. The van der Waals surface area contributed by atoms with Crippen molar-refractivity contribution in [1.82, 2.24) is 0 Å². The van der Waals surface area contributed by atoms with Crippen molar-refractivity contribution in [3.05, 3.63) is 45.1 Å². The Balaban J connectivity index is 2.09. The number of phenols is 1. The molecule has 0 atom stereocenters. The maximum atomic E-state index is 10.8. The number of aryl methyl sites for hydroxylation is 2. The van der Waals surface area contributed by atoms with Crippen molar-refractivity contribution >= 4 is 23.0 Å². The summed E-state index contributed by atoms with van der Waals surface area (Å²) < 4.78 is 0. The number of benzene rings is 1. The van der Waals surface area contributed by atoms with Crippen molar-refractivity contribution in [2.75, 3.05) is 5.32 Å². The van der Waals surface area contributed by atoms with Gasteiger partial charge in [-0.05, 0) is 43.2 Å². The molecule has 2 aromatic rings. The van der Waals surface area contributed by atoms with Crippen LogP contribution in [0.15, 0.2) is 23.6 Å². The second-order valence-electron chi connectivity index (χ2n) is 4.41. The Morgan fingerprint density at radius 1 is 1.26 bits per heavy atom. The third-order valence-corrected chi connectivity index (χ3v) is 3.83. The van der Waals surface area contributed by atoms with E-state index in [1.54, 1.807) is 17.5 Å². The summed E-state index contributed by atoms with van der Waals surface area (Å²) in [6.07, 6.45) is 0. The van der Waals surface area contributed by atoms with Crippen LogP contribution < -0.4 is 5.32 Å². The summed E-state index contributed by atoms with van der Waals surface area (Å²) in [5, 5.41) is 23.3. The minimum absolute atomic E-state index is 0.285. The van der Waals surface area contributed by atoms with Crippen LogP contribution in [0.5, 0.6) is 5.75 Å². The number of aromatic hydroxyl groups is 1. The second-order valence-corrected chi connectivity index (χ2v) is 5.41. The lowest BCUT2D eigenvalue weighted by Crippen LogP contribution is -2.00. The predicted octanol–water partition coefficient (Wildman–Crippen LogP) is 3.38. The van der Waals surface area contributed by atoms with Gasteiger partial charge in [-0.1, -0.05) is 0 Å². The van der Waals surface area contributed by atoms with Crippen LogP contribution in [-0.4, -0.2) is 16.2 Å². The average molecular weight is 277 g/mol. The number of phenolic OH excluding ortho intramolecular Hbond substituents is 1. The average Bonchev–Trinajstić information content (AvgIpc) is 2.81. The van der Waals surface area contributed by atoms with Gasteiger partial charge < -0.3 is 15.5 Å². The van der Waals surface area contributed by atoms with Gasteiger partial charge in [-0.2, -0.15) is 0 Å². The molecule has 0 aliphatic heterocycles. The molecular weight excluding hydrogens is 262 g/mol. The molecule has 0 spiro atoms. The van der Waals surface area contributed by atoms with Gasteiger partial charge in [0.2, 0.25) is 0 Å². The lowest BCUT2D eigenvalue weighted by molar-refractivity contribution is 0.0697. The van der Waals surface area contributed by atoms with Gasteiger partial charge in [0.25, 0.3) is 0 Å². The number of aromatic carboxylic acids is 1. The summed E-state index contributed by atoms with van der Waals surface area (Å²) in [6.45, 7) is 4.33. The fourth-order valence-electron chi connectivity index (χ4n) is 1.76. The zero-order valence-corrected chi connectivity index (χ0v) is 11.5. The molecule has 0 aliphatic carbocycles. The van der Waals surface area contributed by atoms with Crippen molar-refractivity contribution in [3.63, 3.8) is 0 Å². The van der Waals surface area contributed by atoms with E-state index in [4.69, 9.17) is 5.11 Å². The van der Waals surface area contributed by atoms with E-state index in [2.05, 4.69) is 5.32 Å². The maximum Gasteiger partial charge on any atom is 0.336 e. The molecule has 3 N–H and O–H groups in total. The molecule has 0 radical (unpaired) electrons. The van der Waals surface area contributed by atoms with Gasteiger partial charge in [0, 0.05) is 22.5 Å². The van der Waals surface area contributed by atoms with Gasteiger partial charge in [0.15, 0.2) is 0 Å². The number of hydrogen-bond donors (Lipinski definition) is 3. The van der Waals surface area contributed by atoms with Gasteiger partial charge in [0.05, 0.1) is 5.56 Å². The molecule has 0 amide bonds. The van der Waals surface area contributed by atoms with Gasteiger partial charge in [-0.25, -0.2) is 4.79 Å². The molecule has 0 saturated heterocycles. The van der Waals surface area contributed by atoms with E-state index in [9.17, 15) is 9.90 Å². The van der Waals surface area contributed by atoms with Gasteiger partial charge >= 0.3 is 5.97 Å². The predicted molar refractivity (Wildman–Crippen MR) is 76.2 cm³/mol. The Morgan fingerprint density at radius 3 is 2.63 bits per heavy atom. The van der Waals surface area contributed by atoms with E-state index < -0.39 is 5.97 Å². The SMILES string of the molecule is Cc1cc(NCc2cc(C(=O)O)cs2)c(C)cc1O. The number of anilines is 1. The second kappa shape index (κ2) is 5.32. The summed E-state index contributed by atoms with van der Waals surface area (Å²) >= 11 is 1.42. The molecule has 0 bridgehead atoms. The topological polar surface area (TPSA) is 69.6 Å². The summed E-state index contributed by atoms with van der Waals surface area (Å²) in [5.41, 5.74) is 3.03. The minimum Gasteiger partial charge on any atom is -0.508 e. The van der Waals surface area contributed by atoms with E-state index in [1.165, 1.54) is 11.3 Å². The molecule has 1 heterocycles. The van der Waals surface area contributed by atoms with E-state index in [0.717, 1.165) is 21.7 Å². The first-order valence-corrected chi connectivity index (χ1v) is 6.70. The summed E-state index contributed by atoms with van der Waals surface area (Å²) in [6, 6.07) is 5.27. The normalized spacial score (nSPS) is 10.4. The lowest BCUT2D eigenvalue weighted by atomic mass is 10.1. The van der Waals surface area contributed by atoms with Crippen molar-refractivity contribution in [1.29, 1.82) is 0 Å². The van der Waals surface area contributed by atoms with Gasteiger partial charge in [-0.3, -0.25) is 0 Å². The van der Waals surface area contributed by atoms with Gasteiger partial charge in [-0.15, -0.1) is 11.3 Å². The van der Waals surface area contributed by atoms with Crippen molar-refractivity contribution < 1.29 is 15.0 Å². The molecule has 1 aromatic heterocycles. The Labute approximate surface area is 115 Å². The fourth-order valence-corrected chi connectivity index (χ4v) is 2.56.